The van der Waals surface area contributed by atoms with Crippen molar-refractivity contribution in [3.05, 3.63) is 59.2 Å². The highest BCUT2D eigenvalue weighted by molar-refractivity contribution is 7.92. The molecule has 1 aliphatic rings. The summed E-state index contributed by atoms with van der Waals surface area (Å²) in [5.74, 6) is 0.393. The highest BCUT2D eigenvalue weighted by atomic mass is 35.5. The van der Waals surface area contributed by atoms with Gasteiger partial charge in [0.1, 0.15) is 5.69 Å². The van der Waals surface area contributed by atoms with Gasteiger partial charge in [-0.05, 0) is 50.2 Å². The van der Waals surface area contributed by atoms with Crippen molar-refractivity contribution in [3.8, 4) is 6.07 Å². The molecular formula is C22H21ClN4O3S. The predicted octanol–water partition coefficient (Wildman–Crippen LogP) is 3.94. The van der Waals surface area contributed by atoms with Crippen LogP contribution in [0.2, 0.25) is 5.02 Å². The Hall–Kier alpha value is -2.73. The Bertz CT molecular complexity index is 1250. The second-order valence-corrected chi connectivity index (χ2v) is 10.1. The molecule has 4 rings (SSSR count). The minimum absolute atomic E-state index is 0.00747. The van der Waals surface area contributed by atoms with Crippen LogP contribution in [0.15, 0.2) is 53.4 Å². The highest BCUT2D eigenvalue weighted by Crippen LogP contribution is 2.35. The van der Waals surface area contributed by atoms with Gasteiger partial charge in [0.15, 0.2) is 11.1 Å². The van der Waals surface area contributed by atoms with Crippen molar-refractivity contribution >= 4 is 38.3 Å². The molecule has 3 atom stereocenters. The largest absolute Gasteiger partial charge is 0.372 e. The van der Waals surface area contributed by atoms with E-state index in [4.69, 9.17) is 21.3 Å². The van der Waals surface area contributed by atoms with Gasteiger partial charge in [-0.3, -0.25) is 0 Å². The van der Waals surface area contributed by atoms with E-state index in [-0.39, 0.29) is 22.8 Å². The van der Waals surface area contributed by atoms with Crippen molar-refractivity contribution in [2.24, 2.45) is 0 Å². The van der Waals surface area contributed by atoms with Crippen molar-refractivity contribution in [1.29, 1.82) is 5.26 Å². The number of hydrogen-bond donors (Lipinski definition) is 0. The van der Waals surface area contributed by atoms with E-state index in [0.717, 1.165) is 0 Å². The molecule has 0 N–H and O–H groups in total. The number of sulfone groups is 1. The van der Waals surface area contributed by atoms with E-state index in [1.165, 1.54) is 24.3 Å². The number of nitrogens with zero attached hydrogens (tertiary/aromatic N) is 4. The fraction of sp³-hybridized carbons (Fsp3) is 0.318. The third-order valence-electron chi connectivity index (χ3n) is 5.12. The van der Waals surface area contributed by atoms with Crippen LogP contribution in [0.1, 0.15) is 24.8 Å². The molecule has 0 saturated carbocycles. The SMILES string of the molecule is C[C@@H]1CN(c2nc3ccccc3nc2[C@@H](C#N)S(=O)(=O)c2ccc(Cl)cc2)C[C@@H](C)O1. The lowest BCUT2D eigenvalue weighted by atomic mass is 10.2. The zero-order chi connectivity index (χ0) is 22.2. The van der Waals surface area contributed by atoms with Crippen molar-refractivity contribution in [1.82, 2.24) is 9.97 Å². The first-order valence-electron chi connectivity index (χ1n) is 9.85. The Balaban J connectivity index is 1.90. The molecule has 1 saturated heterocycles. The maximum absolute atomic E-state index is 13.4. The summed E-state index contributed by atoms with van der Waals surface area (Å²) >= 11 is 5.91. The molecule has 7 nitrogen and oxygen atoms in total. The van der Waals surface area contributed by atoms with Gasteiger partial charge in [-0.2, -0.15) is 5.26 Å². The van der Waals surface area contributed by atoms with Gasteiger partial charge in [-0.15, -0.1) is 0 Å². The van der Waals surface area contributed by atoms with Crippen LogP contribution in [-0.4, -0.2) is 43.7 Å². The smallest absolute Gasteiger partial charge is 0.200 e. The Morgan fingerprint density at radius 1 is 1.06 bits per heavy atom. The second kappa shape index (κ2) is 8.42. The number of aromatic nitrogens is 2. The zero-order valence-electron chi connectivity index (χ0n) is 17.1. The first-order valence-corrected chi connectivity index (χ1v) is 11.8. The Morgan fingerprint density at radius 3 is 2.23 bits per heavy atom. The summed E-state index contributed by atoms with van der Waals surface area (Å²) in [6.45, 7) is 4.93. The van der Waals surface area contributed by atoms with Crippen LogP contribution in [0.3, 0.4) is 0 Å². The van der Waals surface area contributed by atoms with Gasteiger partial charge in [0, 0.05) is 18.1 Å². The quantitative estimate of drug-likeness (QED) is 0.586. The molecule has 0 unspecified atom stereocenters. The van der Waals surface area contributed by atoms with Crippen LogP contribution in [0.25, 0.3) is 11.0 Å². The molecule has 0 amide bonds. The first-order chi connectivity index (χ1) is 14.8. The maximum Gasteiger partial charge on any atom is 0.200 e. The number of hydrogen-bond acceptors (Lipinski definition) is 7. The number of benzene rings is 2. The number of ether oxygens (including phenoxy) is 1. The van der Waals surface area contributed by atoms with E-state index >= 15 is 0 Å². The Labute approximate surface area is 186 Å². The van der Waals surface area contributed by atoms with Crippen LogP contribution in [0, 0.1) is 11.3 Å². The fourth-order valence-electron chi connectivity index (χ4n) is 3.80. The van der Waals surface area contributed by atoms with Crippen molar-refractivity contribution < 1.29 is 13.2 Å². The van der Waals surface area contributed by atoms with E-state index in [1.807, 2.05) is 36.9 Å². The minimum Gasteiger partial charge on any atom is -0.372 e. The van der Waals surface area contributed by atoms with Crippen molar-refractivity contribution in [2.75, 3.05) is 18.0 Å². The van der Waals surface area contributed by atoms with Crippen LogP contribution in [0.5, 0.6) is 0 Å². The summed E-state index contributed by atoms with van der Waals surface area (Å²) in [6.07, 6.45) is -0.142. The third kappa shape index (κ3) is 4.22. The van der Waals surface area contributed by atoms with E-state index in [0.29, 0.717) is 35.0 Å². The molecule has 3 aromatic rings. The molecule has 0 spiro atoms. The molecule has 2 heterocycles. The number of halogens is 1. The topological polar surface area (TPSA) is 96.2 Å². The van der Waals surface area contributed by atoms with E-state index in [1.54, 1.807) is 12.1 Å². The van der Waals surface area contributed by atoms with Crippen LogP contribution in [0.4, 0.5) is 5.82 Å². The number of rotatable bonds is 4. The summed E-state index contributed by atoms with van der Waals surface area (Å²) in [4.78, 5) is 11.3. The van der Waals surface area contributed by atoms with E-state index in [2.05, 4.69) is 4.98 Å². The molecule has 0 aliphatic carbocycles. The lowest BCUT2D eigenvalue weighted by Crippen LogP contribution is -2.46. The van der Waals surface area contributed by atoms with Gasteiger partial charge in [0.2, 0.25) is 9.84 Å². The van der Waals surface area contributed by atoms with Gasteiger partial charge < -0.3 is 9.64 Å². The Morgan fingerprint density at radius 2 is 1.65 bits per heavy atom. The lowest BCUT2D eigenvalue weighted by molar-refractivity contribution is -0.00550. The number of fused-ring (bicyclic) bond motifs is 1. The highest BCUT2D eigenvalue weighted by Gasteiger charge is 2.36. The Kier molecular flexibility index (Phi) is 5.84. The number of anilines is 1. The molecule has 1 aliphatic heterocycles. The maximum atomic E-state index is 13.4. The molecule has 1 fully saturated rings. The van der Waals surface area contributed by atoms with Gasteiger partial charge >= 0.3 is 0 Å². The van der Waals surface area contributed by atoms with Gasteiger partial charge in [0.25, 0.3) is 0 Å². The standard InChI is InChI=1S/C22H21ClN4O3S/c1-14-12-27(13-15(2)30-14)22-21(25-18-5-3-4-6-19(18)26-22)20(11-24)31(28,29)17-9-7-16(23)8-10-17/h3-10,14-15,20H,12-13H2,1-2H3/t14-,15-,20-/m1/s1. The number of nitriles is 1. The number of para-hydroxylation sites is 2. The fourth-order valence-corrected chi connectivity index (χ4v) is 5.31. The van der Waals surface area contributed by atoms with Crippen molar-refractivity contribution in [2.45, 2.75) is 36.2 Å². The molecule has 1 aromatic heterocycles. The van der Waals surface area contributed by atoms with Gasteiger partial charge in [-0.25, -0.2) is 18.4 Å². The molecular weight excluding hydrogens is 436 g/mol. The summed E-state index contributed by atoms with van der Waals surface area (Å²) in [5, 5.41) is 8.86. The summed E-state index contributed by atoms with van der Waals surface area (Å²) in [7, 11) is -4.06. The molecule has 0 radical (unpaired) electrons. The average Bonchev–Trinajstić information content (AvgIpc) is 2.73. The van der Waals surface area contributed by atoms with Gasteiger partial charge in [-0.1, -0.05) is 23.7 Å². The molecule has 160 valence electrons. The van der Waals surface area contributed by atoms with Crippen LogP contribution >= 0.6 is 11.6 Å². The average molecular weight is 457 g/mol. The zero-order valence-corrected chi connectivity index (χ0v) is 18.6. The normalized spacial score (nSPS) is 20.4. The molecule has 9 heteroatoms. The molecule has 0 bridgehead atoms. The van der Waals surface area contributed by atoms with E-state index in [9.17, 15) is 13.7 Å². The summed E-state index contributed by atoms with van der Waals surface area (Å²) in [5.41, 5.74) is 1.29. The molecule has 31 heavy (non-hydrogen) atoms. The van der Waals surface area contributed by atoms with Crippen LogP contribution < -0.4 is 4.90 Å². The monoisotopic (exact) mass is 456 g/mol. The van der Waals surface area contributed by atoms with Crippen LogP contribution in [-0.2, 0) is 14.6 Å². The third-order valence-corrected chi connectivity index (χ3v) is 7.25. The summed E-state index contributed by atoms with van der Waals surface area (Å²) < 4.78 is 32.6. The van der Waals surface area contributed by atoms with Crippen molar-refractivity contribution in [3.63, 3.8) is 0 Å². The number of morpholine rings is 1. The predicted molar refractivity (Wildman–Crippen MR) is 119 cm³/mol. The summed E-state index contributed by atoms with van der Waals surface area (Å²) in [6, 6.07) is 14.9. The van der Waals surface area contributed by atoms with Gasteiger partial charge in [0.05, 0.1) is 34.2 Å². The molecule has 2 aromatic carbocycles. The first kappa shape index (κ1) is 21.5. The van der Waals surface area contributed by atoms with E-state index < -0.39 is 15.1 Å². The second-order valence-electron chi connectivity index (χ2n) is 7.59. The minimum atomic E-state index is -4.06. The lowest BCUT2D eigenvalue weighted by Gasteiger charge is -2.37.